The van der Waals surface area contributed by atoms with Crippen molar-refractivity contribution in [2.75, 3.05) is 13.2 Å². The predicted octanol–water partition coefficient (Wildman–Crippen LogP) is 24.9. The number of hydrogen-bond acceptors (Lipinski definition) is 5. The number of carbonyl (C=O) groups excluding carboxylic acids is 2. The van der Waals surface area contributed by atoms with Gasteiger partial charge >= 0.3 is 5.97 Å². The van der Waals surface area contributed by atoms with Crippen LogP contribution in [0.15, 0.2) is 24.3 Å². The summed E-state index contributed by atoms with van der Waals surface area (Å²) in [6.45, 7) is 4.94. The highest BCUT2D eigenvalue weighted by Crippen LogP contribution is 2.19. The fourth-order valence-corrected chi connectivity index (χ4v) is 12.2. The van der Waals surface area contributed by atoms with Gasteiger partial charge in [0.2, 0.25) is 5.91 Å². The molecule has 0 saturated heterocycles. The molecule has 3 N–H and O–H groups in total. The molecule has 0 heterocycles. The molecule has 1 amide bonds. The van der Waals surface area contributed by atoms with Crippen molar-refractivity contribution in [1.82, 2.24) is 5.32 Å². The normalized spacial score (nSPS) is 12.6. The summed E-state index contributed by atoms with van der Waals surface area (Å²) < 4.78 is 5.51. The van der Waals surface area contributed by atoms with E-state index in [4.69, 9.17) is 4.74 Å². The van der Waals surface area contributed by atoms with E-state index in [0.29, 0.717) is 19.4 Å². The summed E-state index contributed by atoms with van der Waals surface area (Å²) >= 11 is 0. The molecule has 0 rings (SSSR count). The van der Waals surface area contributed by atoms with Crippen LogP contribution in [0.2, 0.25) is 0 Å². The van der Waals surface area contributed by atoms with E-state index in [1.807, 2.05) is 6.08 Å². The minimum atomic E-state index is -0.840. The zero-order chi connectivity index (χ0) is 59.9. The van der Waals surface area contributed by atoms with E-state index in [2.05, 4.69) is 31.3 Å². The highest BCUT2D eigenvalue weighted by molar-refractivity contribution is 5.76. The fraction of sp³-hybridized carbons (Fsp3) is 0.922. The molecule has 2 unspecified atom stereocenters. The molecule has 83 heavy (non-hydrogen) atoms. The number of unbranched alkanes of at least 4 members (excludes halogenated alkanes) is 59. The summed E-state index contributed by atoms with van der Waals surface area (Å²) in [5.74, 6) is -0.0366. The van der Waals surface area contributed by atoms with E-state index >= 15 is 0 Å². The van der Waals surface area contributed by atoms with Crippen molar-refractivity contribution in [2.45, 2.75) is 443 Å². The Morgan fingerprint density at radius 2 is 0.566 bits per heavy atom. The smallest absolute Gasteiger partial charge is 0.305 e. The Labute approximate surface area is 520 Å². The quantitative estimate of drug-likeness (QED) is 0.0320. The second-order valence-corrected chi connectivity index (χ2v) is 26.3. The fourth-order valence-electron chi connectivity index (χ4n) is 12.2. The van der Waals surface area contributed by atoms with Gasteiger partial charge in [-0.05, 0) is 57.8 Å². The van der Waals surface area contributed by atoms with Gasteiger partial charge in [-0.25, -0.2) is 0 Å². The molecule has 0 aliphatic carbocycles. The van der Waals surface area contributed by atoms with Crippen LogP contribution in [0.25, 0.3) is 0 Å². The topological polar surface area (TPSA) is 95.9 Å². The summed E-state index contributed by atoms with van der Waals surface area (Å²) in [6.07, 6.45) is 93.0. The van der Waals surface area contributed by atoms with Gasteiger partial charge < -0.3 is 20.3 Å². The molecule has 0 fully saturated rings. The number of hydrogen-bond donors (Lipinski definition) is 3. The van der Waals surface area contributed by atoms with Crippen LogP contribution in [0, 0.1) is 0 Å². The first kappa shape index (κ1) is 81.3. The Bertz CT molecular complexity index is 1300. The molecule has 6 heteroatoms. The summed E-state index contributed by atoms with van der Waals surface area (Å²) in [7, 11) is 0. The van der Waals surface area contributed by atoms with Crippen LogP contribution in [0.3, 0.4) is 0 Å². The Balaban J connectivity index is 3.31. The van der Waals surface area contributed by atoms with Gasteiger partial charge in [0.15, 0.2) is 0 Å². The van der Waals surface area contributed by atoms with E-state index in [-0.39, 0.29) is 18.5 Å². The maximum Gasteiger partial charge on any atom is 0.305 e. The van der Waals surface area contributed by atoms with Crippen molar-refractivity contribution in [3.8, 4) is 0 Å². The highest BCUT2D eigenvalue weighted by Gasteiger charge is 2.18. The molecule has 492 valence electrons. The molecular formula is C77H149NO5. The number of aliphatic hydroxyl groups is 2. The minimum Gasteiger partial charge on any atom is -0.466 e. The maximum atomic E-state index is 12.5. The van der Waals surface area contributed by atoms with Crippen molar-refractivity contribution in [3.05, 3.63) is 24.3 Å². The van der Waals surface area contributed by atoms with E-state index in [1.165, 1.54) is 366 Å². The number of allylic oxidation sites excluding steroid dienone is 3. The SMILES string of the molecule is CCCCCCCCCCCC/C=C/C(O)C(CO)NC(=O)CCCCCCCCCCCCCCCCCCC/C=C\CCCCCCCCCCCCCCCCCCOC(=O)CCCCCCCCCCCCCCCCCCC. The lowest BCUT2D eigenvalue weighted by Gasteiger charge is -2.20. The van der Waals surface area contributed by atoms with Gasteiger partial charge in [-0.15, -0.1) is 0 Å². The molecule has 2 atom stereocenters. The van der Waals surface area contributed by atoms with Gasteiger partial charge in [0.05, 0.1) is 25.4 Å². The largest absolute Gasteiger partial charge is 0.466 e. The summed E-state index contributed by atoms with van der Waals surface area (Å²) in [5, 5.41) is 23.1. The number of esters is 1. The van der Waals surface area contributed by atoms with Crippen LogP contribution in [-0.2, 0) is 14.3 Å². The molecule has 0 spiro atoms. The van der Waals surface area contributed by atoms with Crippen LogP contribution in [-0.4, -0.2) is 47.4 Å². The monoisotopic (exact) mass is 1170 g/mol. The molecule has 0 aliphatic heterocycles. The van der Waals surface area contributed by atoms with Crippen molar-refractivity contribution < 1.29 is 24.5 Å². The Morgan fingerprint density at radius 3 is 0.855 bits per heavy atom. The number of aliphatic hydroxyl groups excluding tert-OH is 2. The first-order valence-electron chi connectivity index (χ1n) is 38.1. The molecule has 0 aromatic rings. The summed E-state index contributed by atoms with van der Waals surface area (Å²) in [4.78, 5) is 24.6. The zero-order valence-corrected chi connectivity index (χ0v) is 56.5. The standard InChI is InChI=1S/C77H149NO5/c1-3-5-7-9-11-13-15-17-18-40-44-47-51-55-59-63-67-71-77(82)83-72-68-64-60-56-52-48-45-42-39-37-35-33-31-29-27-25-23-21-19-20-22-24-26-28-30-32-34-36-38-41-43-46-50-54-58-62-66-70-76(81)78-74(73-79)75(80)69-65-61-57-53-49-16-14-12-10-8-6-4-2/h19,21,65,69,74-75,79-80H,3-18,20,22-64,66-68,70-73H2,1-2H3,(H,78,81)/b21-19-,69-65+. The van der Waals surface area contributed by atoms with Gasteiger partial charge in [-0.1, -0.05) is 385 Å². The third-order valence-corrected chi connectivity index (χ3v) is 18.0. The zero-order valence-electron chi connectivity index (χ0n) is 56.5. The van der Waals surface area contributed by atoms with Gasteiger partial charge in [0, 0.05) is 12.8 Å². The Kier molecular flexibility index (Phi) is 71.4. The molecule has 6 nitrogen and oxygen atoms in total. The van der Waals surface area contributed by atoms with Crippen molar-refractivity contribution in [1.29, 1.82) is 0 Å². The van der Waals surface area contributed by atoms with Crippen LogP contribution < -0.4 is 5.32 Å². The van der Waals surface area contributed by atoms with E-state index in [1.54, 1.807) is 6.08 Å². The van der Waals surface area contributed by atoms with Crippen LogP contribution in [0.1, 0.15) is 431 Å². The molecule has 0 radical (unpaired) electrons. The maximum absolute atomic E-state index is 12.5. The molecule has 0 aliphatic rings. The van der Waals surface area contributed by atoms with Crippen molar-refractivity contribution in [2.24, 2.45) is 0 Å². The molecule has 0 bridgehead atoms. The molecule has 0 aromatic heterocycles. The number of nitrogens with one attached hydrogen (secondary N) is 1. The number of carbonyl (C=O) groups is 2. The highest BCUT2D eigenvalue weighted by atomic mass is 16.5. The van der Waals surface area contributed by atoms with Crippen LogP contribution >= 0.6 is 0 Å². The van der Waals surface area contributed by atoms with E-state index in [9.17, 15) is 19.8 Å². The lowest BCUT2D eigenvalue weighted by molar-refractivity contribution is -0.143. The number of rotatable bonds is 72. The Morgan fingerprint density at radius 1 is 0.325 bits per heavy atom. The van der Waals surface area contributed by atoms with E-state index < -0.39 is 12.1 Å². The third-order valence-electron chi connectivity index (χ3n) is 18.0. The lowest BCUT2D eigenvalue weighted by Crippen LogP contribution is -2.45. The molecular weight excluding hydrogens is 1020 g/mol. The van der Waals surface area contributed by atoms with E-state index in [0.717, 1.165) is 38.5 Å². The predicted molar refractivity (Wildman–Crippen MR) is 366 cm³/mol. The number of ether oxygens (including phenoxy) is 1. The van der Waals surface area contributed by atoms with Gasteiger partial charge in [0.1, 0.15) is 0 Å². The third kappa shape index (κ3) is 69.3. The van der Waals surface area contributed by atoms with Gasteiger partial charge in [-0.2, -0.15) is 0 Å². The minimum absolute atomic E-state index is 0.0260. The Hall–Kier alpha value is -1.66. The second-order valence-electron chi connectivity index (χ2n) is 26.3. The first-order chi connectivity index (χ1) is 41.0. The van der Waals surface area contributed by atoms with Crippen molar-refractivity contribution >= 4 is 11.9 Å². The lowest BCUT2D eigenvalue weighted by atomic mass is 10.0. The first-order valence-corrected chi connectivity index (χ1v) is 38.1. The van der Waals surface area contributed by atoms with Gasteiger partial charge in [-0.3, -0.25) is 9.59 Å². The molecule has 0 saturated carbocycles. The second kappa shape index (κ2) is 72.8. The summed E-state index contributed by atoms with van der Waals surface area (Å²) in [5.41, 5.74) is 0. The summed E-state index contributed by atoms with van der Waals surface area (Å²) in [6, 6.07) is -0.623. The van der Waals surface area contributed by atoms with Gasteiger partial charge in [0.25, 0.3) is 0 Å². The average molecular weight is 1170 g/mol. The van der Waals surface area contributed by atoms with Crippen LogP contribution in [0.5, 0.6) is 0 Å². The molecule has 0 aromatic carbocycles. The average Bonchev–Trinajstić information content (AvgIpc) is 3.49. The van der Waals surface area contributed by atoms with Crippen molar-refractivity contribution in [3.63, 3.8) is 0 Å². The van der Waals surface area contributed by atoms with Crippen LogP contribution in [0.4, 0.5) is 0 Å². The number of amides is 1.